The molecule has 1 saturated heterocycles. The van der Waals surface area contributed by atoms with Gasteiger partial charge < -0.3 is 9.42 Å². The summed E-state index contributed by atoms with van der Waals surface area (Å²) < 4.78 is 5.39. The van der Waals surface area contributed by atoms with Gasteiger partial charge in [0.25, 0.3) is 0 Å². The summed E-state index contributed by atoms with van der Waals surface area (Å²) >= 11 is 6.17. The van der Waals surface area contributed by atoms with Gasteiger partial charge in [-0.2, -0.15) is 0 Å². The molecule has 2 aromatic rings. The zero-order valence-electron chi connectivity index (χ0n) is 13.5. The number of nitrogens with zero attached hydrogens (tertiary/aromatic N) is 2. The summed E-state index contributed by atoms with van der Waals surface area (Å²) in [5, 5.41) is 4.82. The highest BCUT2D eigenvalue weighted by atomic mass is 35.5. The third-order valence-electron chi connectivity index (χ3n) is 4.33. The van der Waals surface area contributed by atoms with E-state index in [0.29, 0.717) is 17.4 Å². The highest BCUT2D eigenvalue weighted by Gasteiger charge is 2.32. The zero-order valence-corrected chi connectivity index (χ0v) is 14.2. The van der Waals surface area contributed by atoms with Crippen LogP contribution in [0.2, 0.25) is 5.02 Å². The smallest absolute Gasteiger partial charge is 0.227 e. The van der Waals surface area contributed by atoms with Crippen molar-refractivity contribution in [2.24, 2.45) is 0 Å². The molecule has 1 aliphatic rings. The van der Waals surface area contributed by atoms with Gasteiger partial charge in [-0.1, -0.05) is 48.8 Å². The molecule has 2 heterocycles. The van der Waals surface area contributed by atoms with E-state index in [1.165, 1.54) is 0 Å². The van der Waals surface area contributed by atoms with Crippen LogP contribution in [-0.2, 0) is 11.2 Å². The molecule has 1 fully saturated rings. The van der Waals surface area contributed by atoms with Crippen LogP contribution in [0.25, 0.3) is 0 Å². The van der Waals surface area contributed by atoms with Gasteiger partial charge >= 0.3 is 0 Å². The molecule has 0 saturated carbocycles. The molecule has 1 unspecified atom stereocenters. The van der Waals surface area contributed by atoms with Gasteiger partial charge in [0.2, 0.25) is 5.91 Å². The minimum absolute atomic E-state index is 0.0150. The van der Waals surface area contributed by atoms with Crippen molar-refractivity contribution >= 4 is 17.5 Å². The predicted octanol–water partition coefficient (Wildman–Crippen LogP) is 4.36. The Morgan fingerprint density at radius 1 is 1.43 bits per heavy atom. The fourth-order valence-corrected chi connectivity index (χ4v) is 3.21. The number of carbonyl (C=O) groups is 1. The third kappa shape index (κ3) is 3.42. The number of aromatic nitrogens is 1. The van der Waals surface area contributed by atoms with E-state index < -0.39 is 0 Å². The highest BCUT2D eigenvalue weighted by Crippen LogP contribution is 2.33. The number of halogens is 1. The van der Waals surface area contributed by atoms with Gasteiger partial charge in [0, 0.05) is 23.6 Å². The van der Waals surface area contributed by atoms with E-state index in [1.54, 1.807) is 0 Å². The number of benzene rings is 1. The minimum Gasteiger partial charge on any atom is -0.361 e. The molecule has 0 aliphatic carbocycles. The molecule has 3 rings (SSSR count). The molecule has 0 radical (unpaired) electrons. The van der Waals surface area contributed by atoms with E-state index in [4.69, 9.17) is 16.1 Å². The molecule has 122 valence electrons. The van der Waals surface area contributed by atoms with Crippen LogP contribution in [0.15, 0.2) is 34.9 Å². The summed E-state index contributed by atoms with van der Waals surface area (Å²) in [4.78, 5) is 14.6. The Hall–Kier alpha value is -1.81. The lowest BCUT2D eigenvalue weighted by Crippen LogP contribution is -2.32. The Kier molecular flexibility index (Phi) is 4.71. The van der Waals surface area contributed by atoms with E-state index in [9.17, 15) is 4.79 Å². The van der Waals surface area contributed by atoms with Crippen LogP contribution in [0.5, 0.6) is 0 Å². The second-order valence-electron chi connectivity index (χ2n) is 6.32. The van der Waals surface area contributed by atoms with Crippen molar-refractivity contribution in [3.05, 3.63) is 52.4 Å². The fourth-order valence-electron chi connectivity index (χ4n) is 3.01. The van der Waals surface area contributed by atoms with Crippen LogP contribution < -0.4 is 0 Å². The van der Waals surface area contributed by atoms with Crippen molar-refractivity contribution in [1.29, 1.82) is 0 Å². The summed E-state index contributed by atoms with van der Waals surface area (Å²) in [6, 6.07) is 9.49. The minimum atomic E-state index is 0.0150. The molecule has 1 aliphatic heterocycles. The molecule has 5 heteroatoms. The fraction of sp³-hybridized carbons (Fsp3) is 0.444. The Morgan fingerprint density at radius 3 is 2.91 bits per heavy atom. The van der Waals surface area contributed by atoms with Crippen molar-refractivity contribution in [1.82, 2.24) is 10.1 Å². The van der Waals surface area contributed by atoms with Crippen molar-refractivity contribution in [2.75, 3.05) is 6.54 Å². The second kappa shape index (κ2) is 6.75. The number of carbonyl (C=O) groups excluding carboxylic acids is 1. The number of amides is 1. The number of rotatable bonds is 4. The van der Waals surface area contributed by atoms with Gasteiger partial charge in [-0.3, -0.25) is 4.79 Å². The Morgan fingerprint density at radius 2 is 2.22 bits per heavy atom. The van der Waals surface area contributed by atoms with Crippen molar-refractivity contribution in [3.63, 3.8) is 0 Å². The van der Waals surface area contributed by atoms with Crippen LogP contribution in [-0.4, -0.2) is 22.5 Å². The predicted molar refractivity (Wildman–Crippen MR) is 89.4 cm³/mol. The topological polar surface area (TPSA) is 46.3 Å². The molecular weight excluding hydrogens is 312 g/mol. The lowest BCUT2D eigenvalue weighted by molar-refractivity contribution is -0.131. The first-order chi connectivity index (χ1) is 11.1. The monoisotopic (exact) mass is 332 g/mol. The van der Waals surface area contributed by atoms with E-state index in [2.05, 4.69) is 19.0 Å². The maximum absolute atomic E-state index is 12.7. The van der Waals surface area contributed by atoms with Gasteiger partial charge in [0.05, 0.1) is 12.5 Å². The van der Waals surface area contributed by atoms with E-state index >= 15 is 0 Å². The van der Waals surface area contributed by atoms with Crippen molar-refractivity contribution < 1.29 is 9.32 Å². The van der Waals surface area contributed by atoms with Crippen LogP contribution in [0, 0.1) is 0 Å². The van der Waals surface area contributed by atoms with Crippen LogP contribution in [0.3, 0.4) is 0 Å². The van der Waals surface area contributed by atoms with E-state index in [0.717, 1.165) is 36.4 Å². The number of hydrogen-bond acceptors (Lipinski definition) is 3. The molecule has 0 spiro atoms. The first-order valence-corrected chi connectivity index (χ1v) is 8.43. The zero-order chi connectivity index (χ0) is 16.4. The van der Waals surface area contributed by atoms with Gasteiger partial charge in [-0.25, -0.2) is 0 Å². The maximum Gasteiger partial charge on any atom is 0.227 e. The Labute approximate surface area is 141 Å². The average Bonchev–Trinajstić information content (AvgIpc) is 3.17. The summed E-state index contributed by atoms with van der Waals surface area (Å²) in [5.74, 6) is 1.25. The van der Waals surface area contributed by atoms with Crippen LogP contribution in [0.4, 0.5) is 0 Å². The SMILES string of the molecule is CC(C)c1cc(C2CCCN2C(=O)Cc2ccccc2Cl)no1. The molecule has 1 amide bonds. The van der Waals surface area contributed by atoms with Crippen molar-refractivity contribution in [3.8, 4) is 0 Å². The summed E-state index contributed by atoms with van der Waals surface area (Å²) in [5.41, 5.74) is 1.73. The summed E-state index contributed by atoms with van der Waals surface area (Å²) in [6.45, 7) is 4.90. The van der Waals surface area contributed by atoms with E-state index in [1.807, 2.05) is 35.2 Å². The first-order valence-electron chi connectivity index (χ1n) is 8.05. The summed E-state index contributed by atoms with van der Waals surface area (Å²) in [7, 11) is 0. The summed E-state index contributed by atoms with van der Waals surface area (Å²) in [6.07, 6.45) is 2.24. The first kappa shape index (κ1) is 16.1. The largest absolute Gasteiger partial charge is 0.361 e. The van der Waals surface area contributed by atoms with Gasteiger partial charge in [0.15, 0.2) is 0 Å². The highest BCUT2D eigenvalue weighted by molar-refractivity contribution is 6.31. The van der Waals surface area contributed by atoms with Crippen LogP contribution in [0.1, 0.15) is 55.7 Å². The Bertz CT molecular complexity index is 696. The average molecular weight is 333 g/mol. The molecule has 23 heavy (non-hydrogen) atoms. The van der Waals surface area contributed by atoms with E-state index in [-0.39, 0.29) is 11.9 Å². The van der Waals surface area contributed by atoms with Gasteiger partial charge in [-0.15, -0.1) is 0 Å². The lowest BCUT2D eigenvalue weighted by atomic mass is 10.1. The quantitative estimate of drug-likeness (QED) is 0.835. The third-order valence-corrected chi connectivity index (χ3v) is 4.70. The molecule has 4 nitrogen and oxygen atoms in total. The molecule has 1 atom stereocenters. The molecule has 0 bridgehead atoms. The normalized spacial score (nSPS) is 17.9. The molecule has 0 N–H and O–H groups in total. The number of hydrogen-bond donors (Lipinski definition) is 0. The van der Waals surface area contributed by atoms with Crippen LogP contribution >= 0.6 is 11.6 Å². The number of likely N-dealkylation sites (tertiary alicyclic amines) is 1. The maximum atomic E-state index is 12.7. The second-order valence-corrected chi connectivity index (χ2v) is 6.73. The Balaban J connectivity index is 1.75. The molecule has 1 aromatic heterocycles. The molecular formula is C18H21ClN2O2. The standard InChI is InChI=1S/C18H21ClN2O2/c1-12(2)17-11-15(20-23-17)16-8-5-9-21(16)18(22)10-13-6-3-4-7-14(13)19/h3-4,6-7,11-12,16H,5,8-10H2,1-2H3. The molecule has 1 aromatic carbocycles. The van der Waals surface area contributed by atoms with Crippen molar-refractivity contribution in [2.45, 2.75) is 45.1 Å². The lowest BCUT2D eigenvalue weighted by Gasteiger charge is -2.23. The van der Waals surface area contributed by atoms with Gasteiger partial charge in [-0.05, 0) is 24.5 Å². The van der Waals surface area contributed by atoms with Gasteiger partial charge in [0.1, 0.15) is 11.5 Å².